The van der Waals surface area contributed by atoms with Crippen LogP contribution in [0.5, 0.6) is 5.75 Å². The quantitative estimate of drug-likeness (QED) is 0.816. The first kappa shape index (κ1) is 14.6. The minimum absolute atomic E-state index is 0.0226. The number of nitrogens with zero attached hydrogens (tertiary/aromatic N) is 1. The lowest BCUT2D eigenvalue weighted by atomic mass is 10.1. The lowest BCUT2D eigenvalue weighted by Gasteiger charge is -2.32. The number of halogens is 1. The van der Waals surface area contributed by atoms with Gasteiger partial charge in [-0.25, -0.2) is 0 Å². The minimum Gasteiger partial charge on any atom is -0.479 e. The number of Topliss-reactive ketones (excluding diaryl/α,β-unsaturated/α-hetero) is 1. The number of para-hydroxylation sites is 2. The predicted molar refractivity (Wildman–Crippen MR) is 84.7 cm³/mol. The average molecular weight is 316 g/mol. The van der Waals surface area contributed by atoms with Crippen molar-refractivity contribution in [3.8, 4) is 5.75 Å². The van der Waals surface area contributed by atoms with Crippen molar-refractivity contribution in [2.45, 2.75) is 13.0 Å². The van der Waals surface area contributed by atoms with Gasteiger partial charge < -0.3 is 4.74 Å². The fraction of sp³-hybridized carbons (Fsp3) is 0.176. The van der Waals surface area contributed by atoms with Gasteiger partial charge in [0, 0.05) is 10.6 Å². The van der Waals surface area contributed by atoms with Crippen LogP contribution in [0.2, 0.25) is 5.02 Å². The highest BCUT2D eigenvalue weighted by Crippen LogP contribution is 2.33. The summed E-state index contributed by atoms with van der Waals surface area (Å²) in [6.45, 7) is 1.66. The number of anilines is 1. The summed E-state index contributed by atoms with van der Waals surface area (Å²) < 4.78 is 5.56. The third-order valence-electron chi connectivity index (χ3n) is 3.54. The van der Waals surface area contributed by atoms with Crippen molar-refractivity contribution in [2.24, 2.45) is 0 Å². The van der Waals surface area contributed by atoms with Crippen LogP contribution in [0.4, 0.5) is 5.69 Å². The van der Waals surface area contributed by atoms with Crippen molar-refractivity contribution in [1.29, 1.82) is 0 Å². The number of benzene rings is 2. The summed E-state index contributed by atoms with van der Waals surface area (Å²) in [6, 6.07) is 13.8. The lowest BCUT2D eigenvalue weighted by molar-refractivity contribution is -0.125. The van der Waals surface area contributed by atoms with Gasteiger partial charge in [0.05, 0.1) is 12.2 Å². The van der Waals surface area contributed by atoms with E-state index in [1.54, 1.807) is 43.3 Å². The lowest BCUT2D eigenvalue weighted by Crippen LogP contribution is -2.46. The summed E-state index contributed by atoms with van der Waals surface area (Å²) in [6.07, 6.45) is -0.604. The second-order valence-corrected chi connectivity index (χ2v) is 5.52. The van der Waals surface area contributed by atoms with Crippen molar-refractivity contribution in [3.63, 3.8) is 0 Å². The van der Waals surface area contributed by atoms with E-state index in [0.29, 0.717) is 22.0 Å². The molecule has 0 N–H and O–H groups in total. The average Bonchev–Trinajstić information content (AvgIpc) is 2.52. The predicted octanol–water partition coefficient (Wildman–Crippen LogP) is 3.34. The van der Waals surface area contributed by atoms with Crippen molar-refractivity contribution < 1.29 is 14.3 Å². The molecule has 0 spiro atoms. The molecule has 1 aliphatic rings. The number of carbonyl (C=O) groups excluding carboxylic acids is 2. The summed E-state index contributed by atoms with van der Waals surface area (Å²) >= 11 is 5.83. The molecular formula is C17H14ClNO3. The molecule has 1 atom stereocenters. The topological polar surface area (TPSA) is 46.6 Å². The Morgan fingerprint density at radius 2 is 1.86 bits per heavy atom. The van der Waals surface area contributed by atoms with Crippen molar-refractivity contribution in [2.75, 3.05) is 11.4 Å². The first-order valence-corrected chi connectivity index (χ1v) is 7.30. The van der Waals surface area contributed by atoms with Gasteiger partial charge in [0.15, 0.2) is 11.9 Å². The number of ketones is 1. The number of ether oxygens (including phenoxy) is 1. The molecule has 22 heavy (non-hydrogen) atoms. The highest BCUT2D eigenvalue weighted by atomic mass is 35.5. The smallest absolute Gasteiger partial charge is 0.268 e. The molecule has 0 aromatic heterocycles. The zero-order valence-corrected chi connectivity index (χ0v) is 12.7. The van der Waals surface area contributed by atoms with E-state index in [9.17, 15) is 9.59 Å². The Kier molecular flexibility index (Phi) is 3.86. The molecule has 2 aromatic rings. The monoisotopic (exact) mass is 315 g/mol. The third kappa shape index (κ3) is 2.70. The van der Waals surface area contributed by atoms with Crippen LogP contribution < -0.4 is 9.64 Å². The molecule has 1 heterocycles. The highest BCUT2D eigenvalue weighted by molar-refractivity contribution is 6.30. The Balaban J connectivity index is 1.89. The maximum Gasteiger partial charge on any atom is 0.268 e. The molecule has 0 radical (unpaired) electrons. The molecule has 4 nitrogen and oxygen atoms in total. The molecule has 1 amide bonds. The molecule has 0 bridgehead atoms. The third-order valence-corrected chi connectivity index (χ3v) is 3.79. The van der Waals surface area contributed by atoms with Crippen molar-refractivity contribution in [1.82, 2.24) is 0 Å². The van der Waals surface area contributed by atoms with Crippen LogP contribution >= 0.6 is 11.6 Å². The molecule has 0 aliphatic carbocycles. The van der Waals surface area contributed by atoms with Gasteiger partial charge in [-0.1, -0.05) is 23.7 Å². The number of rotatable bonds is 3. The van der Waals surface area contributed by atoms with Crippen molar-refractivity contribution in [3.05, 3.63) is 59.1 Å². The van der Waals surface area contributed by atoms with Crippen LogP contribution in [0.15, 0.2) is 48.5 Å². The zero-order chi connectivity index (χ0) is 15.7. The van der Waals surface area contributed by atoms with E-state index in [4.69, 9.17) is 16.3 Å². The highest BCUT2D eigenvalue weighted by Gasteiger charge is 2.32. The number of hydrogen-bond donors (Lipinski definition) is 0. The SMILES string of the molecule is C[C@H]1Oc2ccccc2N(CC(=O)c2ccc(Cl)cc2)C1=O. The summed E-state index contributed by atoms with van der Waals surface area (Å²) in [4.78, 5) is 26.2. The summed E-state index contributed by atoms with van der Waals surface area (Å²) in [7, 11) is 0. The fourth-order valence-electron chi connectivity index (χ4n) is 2.39. The standard InChI is InChI=1S/C17H14ClNO3/c1-11-17(21)19(14-4-2-3-5-16(14)22-11)10-15(20)12-6-8-13(18)9-7-12/h2-9,11H,10H2,1H3/t11-/m1/s1. The van der Waals surface area contributed by atoms with Gasteiger partial charge in [0.2, 0.25) is 0 Å². The summed E-state index contributed by atoms with van der Waals surface area (Å²) in [5.74, 6) is 0.244. The first-order valence-electron chi connectivity index (χ1n) is 6.92. The van der Waals surface area contributed by atoms with Crippen LogP contribution in [0.1, 0.15) is 17.3 Å². The van der Waals surface area contributed by atoms with Crippen LogP contribution in [-0.2, 0) is 4.79 Å². The second-order valence-electron chi connectivity index (χ2n) is 5.08. The molecular weight excluding hydrogens is 302 g/mol. The summed E-state index contributed by atoms with van der Waals surface area (Å²) in [5, 5.41) is 0.568. The Labute approximate surface area is 133 Å². The van der Waals surface area contributed by atoms with Crippen LogP contribution in [0, 0.1) is 0 Å². The Morgan fingerprint density at radius 1 is 1.18 bits per heavy atom. The van der Waals surface area contributed by atoms with Crippen LogP contribution in [-0.4, -0.2) is 24.3 Å². The van der Waals surface area contributed by atoms with Crippen LogP contribution in [0.3, 0.4) is 0 Å². The van der Waals surface area contributed by atoms with Crippen molar-refractivity contribution >= 4 is 29.0 Å². The fourth-order valence-corrected chi connectivity index (χ4v) is 2.52. The van der Waals surface area contributed by atoms with Gasteiger partial charge in [-0.2, -0.15) is 0 Å². The molecule has 112 valence electrons. The van der Waals surface area contributed by atoms with Gasteiger partial charge >= 0.3 is 0 Å². The van der Waals surface area contributed by atoms with E-state index >= 15 is 0 Å². The number of amides is 1. The molecule has 0 saturated heterocycles. The van der Waals surface area contributed by atoms with E-state index in [1.807, 2.05) is 12.1 Å². The molecule has 0 fully saturated rings. The Bertz CT molecular complexity index is 727. The Hall–Kier alpha value is -2.33. The molecule has 1 aliphatic heterocycles. The van der Waals surface area contributed by atoms with E-state index in [2.05, 4.69) is 0 Å². The van der Waals surface area contributed by atoms with Gasteiger partial charge in [-0.05, 0) is 43.3 Å². The maximum atomic E-state index is 12.4. The van der Waals surface area contributed by atoms with Gasteiger partial charge in [0.25, 0.3) is 5.91 Å². The van der Waals surface area contributed by atoms with E-state index in [-0.39, 0.29) is 18.2 Å². The largest absolute Gasteiger partial charge is 0.479 e. The normalized spacial score (nSPS) is 16.9. The second kappa shape index (κ2) is 5.81. The minimum atomic E-state index is -0.604. The van der Waals surface area contributed by atoms with Gasteiger partial charge in [-0.3, -0.25) is 14.5 Å². The van der Waals surface area contributed by atoms with Gasteiger partial charge in [0.1, 0.15) is 5.75 Å². The number of fused-ring (bicyclic) bond motifs is 1. The van der Waals surface area contributed by atoms with E-state index in [1.165, 1.54) is 4.90 Å². The first-order chi connectivity index (χ1) is 10.6. The van der Waals surface area contributed by atoms with Crippen LogP contribution in [0.25, 0.3) is 0 Å². The number of carbonyl (C=O) groups is 2. The van der Waals surface area contributed by atoms with E-state index in [0.717, 1.165) is 0 Å². The molecule has 5 heteroatoms. The molecule has 3 rings (SSSR count). The molecule has 0 saturated carbocycles. The number of hydrogen-bond acceptors (Lipinski definition) is 3. The Morgan fingerprint density at radius 3 is 2.59 bits per heavy atom. The maximum absolute atomic E-state index is 12.4. The van der Waals surface area contributed by atoms with E-state index < -0.39 is 6.10 Å². The zero-order valence-electron chi connectivity index (χ0n) is 12.0. The molecule has 0 unspecified atom stereocenters. The molecule has 2 aromatic carbocycles. The summed E-state index contributed by atoms with van der Waals surface area (Å²) in [5.41, 5.74) is 1.14. The van der Waals surface area contributed by atoms with Gasteiger partial charge in [-0.15, -0.1) is 0 Å².